The average Bonchev–Trinajstić information content (AvgIpc) is 2.81. The van der Waals surface area contributed by atoms with E-state index in [1.54, 1.807) is 0 Å². The maximum Gasteiger partial charge on any atom is 0.0850 e. The van der Waals surface area contributed by atoms with Crippen LogP contribution in [0.3, 0.4) is 0 Å². The maximum absolute atomic E-state index is 5.88. The summed E-state index contributed by atoms with van der Waals surface area (Å²) in [7, 11) is 0. The second-order valence-electron chi connectivity index (χ2n) is 3.23. The number of hydrogen-bond acceptors (Lipinski definition) is 1. The van der Waals surface area contributed by atoms with Crippen LogP contribution in [0.2, 0.25) is 5.02 Å². The molecule has 1 aromatic carbocycles. The van der Waals surface area contributed by atoms with Gasteiger partial charge in [-0.1, -0.05) is 17.7 Å². The maximum atomic E-state index is 5.88. The van der Waals surface area contributed by atoms with Gasteiger partial charge in [0.2, 0.25) is 0 Å². The van der Waals surface area contributed by atoms with Gasteiger partial charge in [-0.25, -0.2) is 0 Å². The van der Waals surface area contributed by atoms with E-state index >= 15 is 0 Å². The Morgan fingerprint density at radius 3 is 3.00 bits per heavy atom. The van der Waals surface area contributed by atoms with E-state index in [9.17, 15) is 0 Å². The Balaban J connectivity index is 2.21. The van der Waals surface area contributed by atoms with Crippen molar-refractivity contribution in [3.05, 3.63) is 34.3 Å². The summed E-state index contributed by atoms with van der Waals surface area (Å²) in [4.78, 5) is 0. The second kappa shape index (κ2) is 3.08. The van der Waals surface area contributed by atoms with Crippen molar-refractivity contribution < 1.29 is 4.74 Å². The third kappa shape index (κ3) is 1.79. The molecule has 0 spiro atoms. The van der Waals surface area contributed by atoms with Gasteiger partial charge in [0.05, 0.1) is 12.7 Å². The van der Waals surface area contributed by atoms with Crippen LogP contribution < -0.4 is 0 Å². The van der Waals surface area contributed by atoms with E-state index < -0.39 is 0 Å². The molecule has 0 N–H and O–H groups in total. The lowest BCUT2D eigenvalue weighted by Gasteiger charge is -2.03. The van der Waals surface area contributed by atoms with E-state index in [1.165, 1.54) is 11.1 Å². The van der Waals surface area contributed by atoms with E-state index in [2.05, 4.69) is 13.0 Å². The van der Waals surface area contributed by atoms with E-state index in [-0.39, 0.29) is 0 Å². The van der Waals surface area contributed by atoms with E-state index in [0.717, 1.165) is 18.1 Å². The fourth-order valence-corrected chi connectivity index (χ4v) is 1.49. The first kappa shape index (κ1) is 8.09. The molecular weight excluding hydrogens is 172 g/mol. The molecule has 1 aromatic rings. The first-order valence-electron chi connectivity index (χ1n) is 4.12. The number of epoxide rings is 1. The summed E-state index contributed by atoms with van der Waals surface area (Å²) in [5, 5.41) is 0.816. The number of aryl methyl sites for hydroxylation is 1. The minimum atomic E-state index is 0.446. The van der Waals surface area contributed by atoms with Crippen molar-refractivity contribution in [1.82, 2.24) is 0 Å². The second-order valence-corrected chi connectivity index (χ2v) is 3.67. The molecular formula is C10H11ClO. The number of halogens is 1. The van der Waals surface area contributed by atoms with Gasteiger partial charge in [-0.15, -0.1) is 0 Å². The quantitative estimate of drug-likeness (QED) is 0.641. The fourth-order valence-electron chi connectivity index (χ4n) is 1.29. The molecule has 12 heavy (non-hydrogen) atoms. The molecule has 2 rings (SSSR count). The predicted octanol–water partition coefficient (Wildman–Crippen LogP) is 2.59. The highest BCUT2D eigenvalue weighted by Crippen LogP contribution is 2.21. The fraction of sp³-hybridized carbons (Fsp3) is 0.400. The molecule has 2 heteroatoms. The lowest BCUT2D eigenvalue weighted by atomic mass is 10.0. The SMILES string of the molecule is Cc1ccc(Cl)cc1CC1CO1. The molecule has 64 valence electrons. The molecule has 0 amide bonds. The predicted molar refractivity (Wildman–Crippen MR) is 49.6 cm³/mol. The molecule has 0 saturated carbocycles. The van der Waals surface area contributed by atoms with Crippen LogP contribution in [-0.2, 0) is 11.2 Å². The van der Waals surface area contributed by atoms with Crippen LogP contribution in [0.1, 0.15) is 11.1 Å². The van der Waals surface area contributed by atoms with E-state index in [0.29, 0.717) is 6.10 Å². The van der Waals surface area contributed by atoms with Crippen molar-refractivity contribution in [3.8, 4) is 0 Å². The van der Waals surface area contributed by atoms with E-state index in [1.807, 2.05) is 12.1 Å². The molecule has 0 aliphatic carbocycles. The highest BCUT2D eigenvalue weighted by molar-refractivity contribution is 6.30. The zero-order valence-corrected chi connectivity index (χ0v) is 7.77. The van der Waals surface area contributed by atoms with Crippen molar-refractivity contribution in [2.45, 2.75) is 19.4 Å². The van der Waals surface area contributed by atoms with Gasteiger partial charge in [0.25, 0.3) is 0 Å². The molecule has 1 atom stereocenters. The molecule has 1 fully saturated rings. The summed E-state index contributed by atoms with van der Waals surface area (Å²) >= 11 is 5.88. The van der Waals surface area contributed by atoms with Gasteiger partial charge >= 0.3 is 0 Å². The van der Waals surface area contributed by atoms with Crippen molar-refractivity contribution in [1.29, 1.82) is 0 Å². The van der Waals surface area contributed by atoms with Gasteiger partial charge in [0.15, 0.2) is 0 Å². The van der Waals surface area contributed by atoms with Crippen LogP contribution in [0, 0.1) is 6.92 Å². The summed E-state index contributed by atoms with van der Waals surface area (Å²) in [5.41, 5.74) is 2.61. The van der Waals surface area contributed by atoms with Crippen LogP contribution in [0.5, 0.6) is 0 Å². The largest absolute Gasteiger partial charge is 0.373 e. The minimum absolute atomic E-state index is 0.446. The molecule has 1 heterocycles. The summed E-state index contributed by atoms with van der Waals surface area (Å²) in [5.74, 6) is 0. The minimum Gasteiger partial charge on any atom is -0.373 e. The molecule has 0 aromatic heterocycles. The first-order chi connectivity index (χ1) is 5.75. The normalized spacial score (nSPS) is 21.0. The molecule has 1 saturated heterocycles. The Kier molecular flexibility index (Phi) is 2.07. The van der Waals surface area contributed by atoms with Gasteiger partial charge in [-0.2, -0.15) is 0 Å². The standard InChI is InChI=1S/C10H11ClO/c1-7-2-3-9(11)4-8(7)5-10-6-12-10/h2-4,10H,5-6H2,1H3. The molecule has 1 unspecified atom stereocenters. The Hall–Kier alpha value is -0.530. The van der Waals surface area contributed by atoms with Crippen LogP contribution in [0.4, 0.5) is 0 Å². The van der Waals surface area contributed by atoms with Gasteiger partial charge in [0.1, 0.15) is 0 Å². The molecule has 0 radical (unpaired) electrons. The van der Waals surface area contributed by atoms with Gasteiger partial charge < -0.3 is 4.74 Å². The Morgan fingerprint density at radius 1 is 1.58 bits per heavy atom. The van der Waals surface area contributed by atoms with Gasteiger partial charge in [0, 0.05) is 11.4 Å². The van der Waals surface area contributed by atoms with Crippen molar-refractivity contribution >= 4 is 11.6 Å². The van der Waals surface area contributed by atoms with Crippen molar-refractivity contribution in [3.63, 3.8) is 0 Å². The summed E-state index contributed by atoms with van der Waals surface area (Å²) in [6, 6.07) is 6.01. The van der Waals surface area contributed by atoms with Crippen LogP contribution in [-0.4, -0.2) is 12.7 Å². The molecule has 1 aliphatic heterocycles. The van der Waals surface area contributed by atoms with Crippen LogP contribution >= 0.6 is 11.6 Å². The highest BCUT2D eigenvalue weighted by atomic mass is 35.5. The number of ether oxygens (including phenoxy) is 1. The van der Waals surface area contributed by atoms with Gasteiger partial charge in [-0.05, 0) is 30.2 Å². The van der Waals surface area contributed by atoms with Crippen molar-refractivity contribution in [2.75, 3.05) is 6.61 Å². The zero-order valence-electron chi connectivity index (χ0n) is 7.01. The highest BCUT2D eigenvalue weighted by Gasteiger charge is 2.23. The Morgan fingerprint density at radius 2 is 2.33 bits per heavy atom. The first-order valence-corrected chi connectivity index (χ1v) is 4.50. The Bertz CT molecular complexity index is 292. The topological polar surface area (TPSA) is 12.5 Å². The number of hydrogen-bond donors (Lipinski definition) is 0. The Labute approximate surface area is 77.3 Å². The van der Waals surface area contributed by atoms with Crippen LogP contribution in [0.15, 0.2) is 18.2 Å². The summed E-state index contributed by atoms with van der Waals surface area (Å²) in [6.07, 6.45) is 1.45. The van der Waals surface area contributed by atoms with Gasteiger partial charge in [-0.3, -0.25) is 0 Å². The molecule has 0 bridgehead atoms. The molecule has 1 nitrogen and oxygen atoms in total. The third-order valence-corrected chi connectivity index (χ3v) is 2.40. The monoisotopic (exact) mass is 182 g/mol. The lowest BCUT2D eigenvalue weighted by Crippen LogP contribution is -1.95. The van der Waals surface area contributed by atoms with Crippen LogP contribution in [0.25, 0.3) is 0 Å². The van der Waals surface area contributed by atoms with Crippen molar-refractivity contribution in [2.24, 2.45) is 0 Å². The lowest BCUT2D eigenvalue weighted by molar-refractivity contribution is 0.407. The molecule has 1 aliphatic rings. The number of benzene rings is 1. The smallest absolute Gasteiger partial charge is 0.0850 e. The number of rotatable bonds is 2. The average molecular weight is 183 g/mol. The zero-order chi connectivity index (χ0) is 8.55. The van der Waals surface area contributed by atoms with E-state index in [4.69, 9.17) is 16.3 Å². The summed E-state index contributed by atoms with van der Waals surface area (Å²) < 4.78 is 5.16. The third-order valence-electron chi connectivity index (χ3n) is 2.16. The summed E-state index contributed by atoms with van der Waals surface area (Å²) in [6.45, 7) is 3.01.